The Kier molecular flexibility index (Phi) is 3.57. The average Bonchev–Trinajstić information content (AvgIpc) is 2.89. The van der Waals surface area contributed by atoms with Crippen LogP contribution in [0.5, 0.6) is 11.5 Å². The molecule has 0 spiro atoms. The number of methoxy groups -OCH3 is 2. The number of fused-ring (bicyclic) bond motifs is 3. The van der Waals surface area contributed by atoms with Crippen molar-refractivity contribution in [2.45, 2.75) is 65.0 Å². The van der Waals surface area contributed by atoms with Gasteiger partial charge in [-0.15, -0.1) is 0 Å². The van der Waals surface area contributed by atoms with Crippen LogP contribution in [0.2, 0.25) is 0 Å². The molecular weight excluding hydrogens is 380 g/mol. The Morgan fingerprint density at radius 2 is 2.13 bits per heavy atom. The predicted octanol–water partition coefficient (Wildman–Crippen LogP) is 3.56. The monoisotopic (exact) mass is 431 g/mol. The van der Waals surface area contributed by atoms with Crippen LogP contribution in [0.3, 0.4) is 0 Å². The summed E-state index contributed by atoms with van der Waals surface area (Å²) in [6.45, 7) is -3.42. The Balaban J connectivity index is 2.46. The van der Waals surface area contributed by atoms with E-state index >= 15 is 0 Å². The van der Waals surface area contributed by atoms with Crippen molar-refractivity contribution >= 4 is 5.97 Å². The lowest BCUT2D eigenvalue weighted by Gasteiger charge is -2.47. The van der Waals surface area contributed by atoms with Crippen molar-refractivity contribution in [3.63, 3.8) is 0 Å². The van der Waals surface area contributed by atoms with Crippen LogP contribution in [-0.2, 0) is 16.0 Å². The molecule has 168 valence electrons. The van der Waals surface area contributed by atoms with Crippen LogP contribution in [0.4, 0.5) is 0 Å². The zero-order valence-corrected chi connectivity index (χ0v) is 17.9. The topological polar surface area (TPSA) is 74.0 Å². The van der Waals surface area contributed by atoms with Gasteiger partial charge in [0.2, 0.25) is 0 Å². The lowest BCUT2D eigenvalue weighted by Crippen LogP contribution is -2.51. The molecule has 0 bridgehead atoms. The minimum atomic E-state index is -3.71. The van der Waals surface area contributed by atoms with Crippen LogP contribution in [0.1, 0.15) is 75.4 Å². The molecular formula is C24H38N2O4. The van der Waals surface area contributed by atoms with E-state index < -0.39 is 80.5 Å². The number of piperidine rings is 1. The normalized spacial score (nSPS) is 39.9. The highest BCUT2D eigenvalue weighted by Crippen LogP contribution is 2.44. The lowest BCUT2D eigenvalue weighted by molar-refractivity contribution is -0.160. The summed E-state index contributed by atoms with van der Waals surface area (Å²) < 4.78 is 130. The smallest absolute Gasteiger partial charge is 0.323 e. The van der Waals surface area contributed by atoms with E-state index in [4.69, 9.17) is 30.9 Å². The molecule has 4 unspecified atom stereocenters. The number of nitrogens with zero attached hydrogens (tertiary/aromatic N) is 1. The maximum Gasteiger partial charge on any atom is 0.323 e. The molecule has 2 heterocycles. The molecule has 1 aromatic carbocycles. The molecule has 0 aromatic heterocycles. The highest BCUT2D eigenvalue weighted by Gasteiger charge is 2.41. The van der Waals surface area contributed by atoms with Crippen LogP contribution in [0, 0.1) is 17.7 Å². The molecule has 0 amide bonds. The minimum absolute atomic E-state index is 0.112. The van der Waals surface area contributed by atoms with Gasteiger partial charge in [0.1, 0.15) is 12.1 Å². The number of benzene rings is 1. The van der Waals surface area contributed by atoms with Crippen molar-refractivity contribution < 1.29 is 36.8 Å². The fraction of sp³-hybridized carbons (Fsp3) is 0.708. The van der Waals surface area contributed by atoms with Crippen molar-refractivity contribution in [3.8, 4) is 11.5 Å². The van der Waals surface area contributed by atoms with E-state index in [9.17, 15) is 11.6 Å². The number of hydrogen-bond acceptors (Lipinski definition) is 6. The second-order valence-electron chi connectivity index (χ2n) is 7.58. The van der Waals surface area contributed by atoms with Crippen molar-refractivity contribution in [3.05, 3.63) is 23.2 Å². The third-order valence-electron chi connectivity index (χ3n) is 5.02. The largest absolute Gasteiger partial charge is 0.493 e. The van der Waals surface area contributed by atoms with Gasteiger partial charge in [0, 0.05) is 46.4 Å². The quantitative estimate of drug-likeness (QED) is 0.666. The summed E-state index contributed by atoms with van der Waals surface area (Å²) in [6, 6.07) is -3.97. The third kappa shape index (κ3) is 4.75. The standard InChI is InChI=1S/C24H38N2O4/c1-14(2)9-17-13-26-8-7-16-10-21(28-5)22(29-6)11-18(16)19(26)12-20(17)30-24(27)23(25)15(3)4/h10-11,14-15,17,19-20,23H,7-9,12-13,25H2,1-6H3/t17?,19?,20?,23-/m0/s1/i1D3,9D2,10D,11D,12D2,13D2,14D,17D/t14?,17?,19?,20?,23-. The summed E-state index contributed by atoms with van der Waals surface area (Å²) in [6.07, 6.45) is -9.67. The Hall–Kier alpha value is -1.79. The van der Waals surface area contributed by atoms with Crippen LogP contribution in [0.15, 0.2) is 12.1 Å². The molecule has 2 aliphatic rings. The summed E-state index contributed by atoms with van der Waals surface area (Å²) in [4.78, 5) is 14.0. The van der Waals surface area contributed by atoms with Gasteiger partial charge in [-0.1, -0.05) is 27.6 Å². The summed E-state index contributed by atoms with van der Waals surface area (Å²) in [5.74, 6) is -9.03. The maximum atomic E-state index is 13.2. The van der Waals surface area contributed by atoms with Gasteiger partial charge in [-0.3, -0.25) is 9.69 Å². The number of rotatable bonds is 7. The zero-order valence-electron chi connectivity index (χ0n) is 30.9. The van der Waals surface area contributed by atoms with Gasteiger partial charge in [-0.2, -0.15) is 0 Å². The predicted molar refractivity (Wildman–Crippen MR) is 118 cm³/mol. The Morgan fingerprint density at radius 1 is 1.43 bits per heavy atom. The minimum Gasteiger partial charge on any atom is -0.493 e. The molecule has 1 aromatic rings. The fourth-order valence-corrected chi connectivity index (χ4v) is 3.34. The molecule has 6 nitrogen and oxygen atoms in total. The van der Waals surface area contributed by atoms with E-state index in [0.717, 1.165) is 4.90 Å². The molecule has 2 aliphatic heterocycles. The average molecular weight is 432 g/mol. The first kappa shape index (κ1) is 11.2. The molecule has 0 saturated carbocycles. The summed E-state index contributed by atoms with van der Waals surface area (Å²) in [7, 11) is 2.45. The second-order valence-corrected chi connectivity index (χ2v) is 7.58. The van der Waals surface area contributed by atoms with Crippen molar-refractivity contribution in [2.24, 2.45) is 23.4 Å². The van der Waals surface area contributed by atoms with E-state index in [1.54, 1.807) is 13.8 Å². The van der Waals surface area contributed by atoms with Crippen LogP contribution < -0.4 is 15.2 Å². The Morgan fingerprint density at radius 3 is 2.77 bits per heavy atom. The van der Waals surface area contributed by atoms with E-state index in [-0.39, 0.29) is 35.1 Å². The molecule has 1 fully saturated rings. The second kappa shape index (κ2) is 9.56. The number of carbonyl (C=O) groups is 1. The van der Waals surface area contributed by atoms with Gasteiger partial charge in [0.15, 0.2) is 11.5 Å². The number of nitrogens with two attached hydrogens (primary N) is 1. The summed E-state index contributed by atoms with van der Waals surface area (Å²) >= 11 is 0. The maximum absolute atomic E-state index is 13.2. The SMILES string of the molecule is [2H]c1c2c(c([2H])c(OC)c1OC)C1N(CC2)C([2H])([2H])C([2H])(C([2H])([2H])C([2H])(C)C([2H])([2H])[2H])C(OC(=O)[C@@H](N)C(C)C)C1([2H])[2H]. The zero-order chi connectivity index (χ0) is 33.5. The Bertz CT molecular complexity index is 1270. The van der Waals surface area contributed by atoms with E-state index in [2.05, 4.69) is 0 Å². The molecule has 0 aliphatic carbocycles. The van der Waals surface area contributed by atoms with Crippen molar-refractivity contribution in [1.29, 1.82) is 0 Å². The lowest BCUT2D eigenvalue weighted by atomic mass is 9.79. The fourth-order valence-electron chi connectivity index (χ4n) is 3.34. The molecule has 1 saturated heterocycles. The molecule has 0 radical (unpaired) electrons. The van der Waals surface area contributed by atoms with Crippen LogP contribution in [0.25, 0.3) is 0 Å². The first-order valence-electron chi connectivity index (χ1n) is 16.3. The highest BCUT2D eigenvalue weighted by molar-refractivity contribution is 5.76. The summed E-state index contributed by atoms with van der Waals surface area (Å²) in [5, 5.41) is 0. The van der Waals surface area contributed by atoms with E-state index in [0.29, 0.717) is 6.92 Å². The van der Waals surface area contributed by atoms with Gasteiger partial charge in [0.05, 0.1) is 17.0 Å². The van der Waals surface area contributed by atoms with Gasteiger partial charge in [-0.05, 0) is 47.8 Å². The van der Waals surface area contributed by atoms with Crippen LogP contribution in [-0.4, -0.2) is 50.3 Å². The Labute approximate surface area is 199 Å². The van der Waals surface area contributed by atoms with Crippen molar-refractivity contribution in [2.75, 3.05) is 27.3 Å². The van der Waals surface area contributed by atoms with Gasteiger partial charge >= 0.3 is 5.97 Å². The molecule has 30 heavy (non-hydrogen) atoms. The van der Waals surface area contributed by atoms with Gasteiger partial charge in [-0.25, -0.2) is 0 Å². The first-order valence-corrected chi connectivity index (χ1v) is 9.79. The van der Waals surface area contributed by atoms with Gasteiger partial charge in [0.25, 0.3) is 0 Å². The van der Waals surface area contributed by atoms with Gasteiger partial charge < -0.3 is 19.9 Å². The summed E-state index contributed by atoms with van der Waals surface area (Å²) in [5.41, 5.74) is 5.83. The van der Waals surface area contributed by atoms with E-state index in [1.165, 1.54) is 14.2 Å². The number of esters is 1. The molecule has 6 heteroatoms. The molecule has 5 atom stereocenters. The highest BCUT2D eigenvalue weighted by atomic mass is 16.5. The first-order chi connectivity index (χ1) is 19.3. The number of hydrogen-bond donors (Lipinski definition) is 1. The third-order valence-corrected chi connectivity index (χ3v) is 5.02. The van der Waals surface area contributed by atoms with E-state index in [1.807, 2.05) is 0 Å². The number of ether oxygens (including phenoxy) is 3. The molecule has 3 rings (SSSR count). The van der Waals surface area contributed by atoms with Crippen LogP contribution >= 0.6 is 0 Å². The molecule has 2 N–H and O–H groups in total. The van der Waals surface area contributed by atoms with Crippen molar-refractivity contribution in [1.82, 2.24) is 4.90 Å². The number of carbonyl (C=O) groups excluding carboxylic acids is 1.